The molecule has 2 aromatic heterocycles. The topological polar surface area (TPSA) is 83.9 Å². The maximum absolute atomic E-state index is 13.6. The molecule has 2 atom stereocenters. The minimum absolute atomic E-state index is 0.117. The van der Waals surface area contributed by atoms with E-state index >= 15 is 0 Å². The molecule has 2 aliphatic carbocycles. The van der Waals surface area contributed by atoms with Crippen LogP contribution >= 0.6 is 0 Å². The molecule has 0 radical (unpaired) electrons. The van der Waals surface area contributed by atoms with E-state index in [1.165, 1.54) is 6.20 Å². The Bertz CT molecular complexity index is 1070. The number of likely N-dealkylation sites (tertiary alicyclic amines) is 1. The van der Waals surface area contributed by atoms with E-state index < -0.39 is 5.92 Å². The summed E-state index contributed by atoms with van der Waals surface area (Å²) in [5.74, 6) is -2.23. The summed E-state index contributed by atoms with van der Waals surface area (Å²) in [5, 5.41) is 4.69. The third-order valence-electron chi connectivity index (χ3n) is 7.89. The Balaban J connectivity index is 1.38. The molecule has 1 aliphatic heterocycles. The molecule has 3 aliphatic rings. The number of aromatic amines is 1. The fourth-order valence-electron chi connectivity index (χ4n) is 5.36. The van der Waals surface area contributed by atoms with Gasteiger partial charge >= 0.3 is 0 Å². The number of hydrogen-bond acceptors (Lipinski definition) is 4. The smallest absolute Gasteiger partial charge is 0.262 e. The van der Waals surface area contributed by atoms with Crippen molar-refractivity contribution in [2.24, 2.45) is 11.3 Å². The largest absolute Gasteiger partial charge is 0.342 e. The van der Waals surface area contributed by atoms with Crippen molar-refractivity contribution in [3.05, 3.63) is 22.4 Å². The lowest BCUT2D eigenvalue weighted by Crippen LogP contribution is -2.47. The zero-order chi connectivity index (χ0) is 22.7. The Labute approximate surface area is 185 Å². The summed E-state index contributed by atoms with van der Waals surface area (Å²) in [7, 11) is 0. The number of aromatic nitrogens is 4. The van der Waals surface area contributed by atoms with E-state index in [1.807, 2.05) is 4.90 Å². The second-order valence-corrected chi connectivity index (χ2v) is 10.6. The standard InChI is InChI=1S/C23H31F2N5O2/c1-22(2)9-11-29(12-10-22)21(32)16-4-3-15(16)18-27-19-17(20(31)28-18)13-26-30(19)14-5-7-23(24,25)8-6-14/h13-16H,3-12H2,1-2H3,(H,27,28,31)/t15-,16-/m0/s1. The van der Waals surface area contributed by atoms with Gasteiger partial charge in [0.05, 0.1) is 12.2 Å². The van der Waals surface area contributed by atoms with Crippen LogP contribution < -0.4 is 5.56 Å². The van der Waals surface area contributed by atoms with Crippen molar-refractivity contribution in [2.75, 3.05) is 13.1 Å². The number of carbonyl (C=O) groups is 1. The van der Waals surface area contributed by atoms with Gasteiger partial charge in [0.2, 0.25) is 11.8 Å². The molecule has 2 aromatic rings. The lowest BCUT2D eigenvalue weighted by Gasteiger charge is -2.42. The lowest BCUT2D eigenvalue weighted by molar-refractivity contribution is -0.141. The average Bonchev–Trinajstić information content (AvgIpc) is 3.11. The minimum Gasteiger partial charge on any atom is -0.342 e. The number of nitrogens with zero attached hydrogens (tertiary/aromatic N) is 4. The molecule has 1 amide bonds. The Morgan fingerprint density at radius 2 is 1.78 bits per heavy atom. The van der Waals surface area contributed by atoms with Crippen LogP contribution in [0.2, 0.25) is 0 Å². The molecule has 0 bridgehead atoms. The fraction of sp³-hybridized carbons (Fsp3) is 0.739. The number of alkyl halides is 2. The van der Waals surface area contributed by atoms with Gasteiger partial charge in [0.15, 0.2) is 5.65 Å². The van der Waals surface area contributed by atoms with Gasteiger partial charge in [0.1, 0.15) is 11.2 Å². The van der Waals surface area contributed by atoms with Crippen molar-refractivity contribution < 1.29 is 13.6 Å². The Morgan fingerprint density at radius 3 is 2.41 bits per heavy atom. The van der Waals surface area contributed by atoms with Crippen LogP contribution in [0.1, 0.15) is 83.0 Å². The van der Waals surface area contributed by atoms with E-state index in [-0.39, 0.29) is 47.6 Å². The molecule has 32 heavy (non-hydrogen) atoms. The number of amides is 1. The van der Waals surface area contributed by atoms with Crippen molar-refractivity contribution in [3.63, 3.8) is 0 Å². The molecule has 5 rings (SSSR count). The highest BCUT2D eigenvalue weighted by atomic mass is 19.3. The summed E-state index contributed by atoms with van der Waals surface area (Å²) >= 11 is 0. The number of rotatable bonds is 3. The van der Waals surface area contributed by atoms with Gasteiger partial charge in [0, 0.05) is 37.8 Å². The first-order chi connectivity index (χ1) is 15.1. The first-order valence-electron chi connectivity index (χ1n) is 11.8. The average molecular weight is 448 g/mol. The molecular formula is C23H31F2N5O2. The molecular weight excluding hydrogens is 416 g/mol. The normalized spacial score (nSPS) is 27.9. The van der Waals surface area contributed by atoms with Gasteiger partial charge in [-0.05, 0) is 43.9 Å². The number of piperidine rings is 1. The zero-order valence-corrected chi connectivity index (χ0v) is 18.7. The molecule has 0 spiro atoms. The van der Waals surface area contributed by atoms with Crippen molar-refractivity contribution in [1.82, 2.24) is 24.6 Å². The van der Waals surface area contributed by atoms with Crippen molar-refractivity contribution in [3.8, 4) is 0 Å². The monoisotopic (exact) mass is 447 g/mol. The van der Waals surface area contributed by atoms with Gasteiger partial charge in [0.25, 0.3) is 5.56 Å². The zero-order valence-electron chi connectivity index (χ0n) is 18.7. The van der Waals surface area contributed by atoms with E-state index in [0.717, 1.165) is 38.8 Å². The van der Waals surface area contributed by atoms with E-state index in [2.05, 4.69) is 23.9 Å². The highest BCUT2D eigenvalue weighted by molar-refractivity contribution is 5.81. The van der Waals surface area contributed by atoms with E-state index in [4.69, 9.17) is 4.98 Å². The van der Waals surface area contributed by atoms with Gasteiger partial charge in [-0.2, -0.15) is 5.10 Å². The summed E-state index contributed by atoms with van der Waals surface area (Å²) in [5.41, 5.74) is 0.432. The highest BCUT2D eigenvalue weighted by Crippen LogP contribution is 2.44. The van der Waals surface area contributed by atoms with Crippen molar-refractivity contribution in [2.45, 2.75) is 83.1 Å². The summed E-state index contributed by atoms with van der Waals surface area (Å²) < 4.78 is 28.8. The summed E-state index contributed by atoms with van der Waals surface area (Å²) in [6.07, 6.45) is 5.31. The van der Waals surface area contributed by atoms with Crippen LogP contribution in [-0.4, -0.2) is 49.6 Å². The molecule has 3 fully saturated rings. The molecule has 9 heteroatoms. The van der Waals surface area contributed by atoms with Crippen LogP contribution in [0.25, 0.3) is 11.0 Å². The molecule has 1 saturated heterocycles. The maximum atomic E-state index is 13.6. The predicted molar refractivity (Wildman–Crippen MR) is 116 cm³/mol. The SMILES string of the molecule is CC1(C)CCN(C(=O)[C@H]2CC[C@@H]2c2nc3c(cnn3C3CCC(F)(F)CC3)c(=O)[nH]2)CC1. The van der Waals surface area contributed by atoms with Crippen LogP contribution in [0, 0.1) is 11.3 Å². The minimum atomic E-state index is -2.63. The fourth-order valence-corrected chi connectivity index (χ4v) is 5.36. The second-order valence-electron chi connectivity index (χ2n) is 10.6. The number of H-pyrrole nitrogens is 1. The molecule has 7 nitrogen and oxygen atoms in total. The molecule has 0 unspecified atom stereocenters. The van der Waals surface area contributed by atoms with Crippen LogP contribution in [0.4, 0.5) is 8.78 Å². The molecule has 174 valence electrons. The van der Waals surface area contributed by atoms with E-state index in [0.29, 0.717) is 29.7 Å². The van der Waals surface area contributed by atoms with Gasteiger partial charge in [-0.25, -0.2) is 18.4 Å². The van der Waals surface area contributed by atoms with Crippen LogP contribution in [-0.2, 0) is 4.79 Å². The molecule has 3 heterocycles. The first-order valence-corrected chi connectivity index (χ1v) is 11.8. The molecule has 2 saturated carbocycles. The number of nitrogens with one attached hydrogen (secondary N) is 1. The van der Waals surface area contributed by atoms with Crippen molar-refractivity contribution >= 4 is 16.9 Å². The number of halogens is 2. The number of fused-ring (bicyclic) bond motifs is 1. The highest BCUT2D eigenvalue weighted by Gasteiger charge is 2.43. The summed E-state index contributed by atoms with van der Waals surface area (Å²) in [4.78, 5) is 35.4. The third-order valence-corrected chi connectivity index (χ3v) is 7.89. The quantitative estimate of drug-likeness (QED) is 0.771. The summed E-state index contributed by atoms with van der Waals surface area (Å²) in [6, 6.07) is -0.190. The van der Waals surface area contributed by atoms with Gasteiger partial charge < -0.3 is 9.88 Å². The Hall–Kier alpha value is -2.32. The summed E-state index contributed by atoms with van der Waals surface area (Å²) in [6.45, 7) is 6.02. The van der Waals surface area contributed by atoms with E-state index in [1.54, 1.807) is 4.68 Å². The van der Waals surface area contributed by atoms with Gasteiger partial charge in [-0.3, -0.25) is 9.59 Å². The maximum Gasteiger partial charge on any atom is 0.262 e. The number of carbonyl (C=O) groups excluding carboxylic acids is 1. The van der Waals surface area contributed by atoms with Crippen LogP contribution in [0.3, 0.4) is 0 Å². The van der Waals surface area contributed by atoms with Gasteiger partial charge in [-0.1, -0.05) is 13.8 Å². The second kappa shape index (κ2) is 7.63. The Morgan fingerprint density at radius 1 is 1.09 bits per heavy atom. The first kappa shape index (κ1) is 21.5. The van der Waals surface area contributed by atoms with Crippen molar-refractivity contribution in [1.29, 1.82) is 0 Å². The van der Waals surface area contributed by atoms with Crippen LogP contribution in [0.15, 0.2) is 11.0 Å². The Kier molecular flexibility index (Phi) is 5.13. The third kappa shape index (κ3) is 3.83. The van der Waals surface area contributed by atoms with E-state index in [9.17, 15) is 18.4 Å². The van der Waals surface area contributed by atoms with Crippen LogP contribution in [0.5, 0.6) is 0 Å². The number of hydrogen-bond donors (Lipinski definition) is 1. The lowest BCUT2D eigenvalue weighted by atomic mass is 9.71. The predicted octanol–water partition coefficient (Wildman–Crippen LogP) is 4.01. The molecule has 0 aromatic carbocycles. The molecule has 1 N–H and O–H groups in total. The van der Waals surface area contributed by atoms with Gasteiger partial charge in [-0.15, -0.1) is 0 Å².